The van der Waals surface area contributed by atoms with Crippen molar-refractivity contribution in [3.8, 4) is 5.75 Å². The molecule has 0 radical (unpaired) electrons. The molecule has 1 aromatic carbocycles. The maximum absolute atomic E-state index is 11.7. The molecule has 0 aliphatic rings. The maximum Gasteiger partial charge on any atom is 0.255 e. The summed E-state index contributed by atoms with van der Waals surface area (Å²) >= 11 is 3.33. The van der Waals surface area contributed by atoms with E-state index in [0.717, 1.165) is 23.7 Å². The van der Waals surface area contributed by atoms with Gasteiger partial charge in [0, 0.05) is 11.9 Å². The van der Waals surface area contributed by atoms with Crippen LogP contribution in [0.25, 0.3) is 0 Å². The van der Waals surface area contributed by atoms with E-state index in [2.05, 4.69) is 21.2 Å². The molecule has 0 unspecified atom stereocenters. The Balaban J connectivity index is 2.55. The number of phenols is 1. The van der Waals surface area contributed by atoms with E-state index >= 15 is 0 Å². The number of benzene rings is 1. The van der Waals surface area contributed by atoms with Gasteiger partial charge in [-0.05, 0) is 31.9 Å². The van der Waals surface area contributed by atoms with Crippen molar-refractivity contribution in [3.63, 3.8) is 0 Å². The molecule has 1 aromatic rings. The molecule has 16 heavy (non-hydrogen) atoms. The topological polar surface area (TPSA) is 49.3 Å². The molecule has 3 nitrogen and oxygen atoms in total. The van der Waals surface area contributed by atoms with Crippen LogP contribution in [0, 0.1) is 6.92 Å². The van der Waals surface area contributed by atoms with Crippen molar-refractivity contribution in [2.75, 3.05) is 11.9 Å². The number of nitrogens with one attached hydrogen (secondary N) is 1. The minimum atomic E-state index is -0.212. The highest BCUT2D eigenvalue weighted by atomic mass is 79.9. The fraction of sp³-hybridized carbons (Fsp3) is 0.417. The monoisotopic (exact) mass is 285 g/mol. The molecule has 0 bridgehead atoms. The fourth-order valence-corrected chi connectivity index (χ4v) is 1.74. The number of alkyl halides is 1. The van der Waals surface area contributed by atoms with Crippen LogP contribution in [0.15, 0.2) is 18.2 Å². The summed E-state index contributed by atoms with van der Waals surface area (Å²) in [5.41, 5.74) is 1.31. The minimum absolute atomic E-state index is 0.0311. The van der Waals surface area contributed by atoms with Gasteiger partial charge in [-0.25, -0.2) is 0 Å². The third-order valence-corrected chi connectivity index (χ3v) is 2.80. The van der Waals surface area contributed by atoms with E-state index in [9.17, 15) is 9.90 Å². The molecule has 0 heterocycles. The number of aryl methyl sites for hydroxylation is 1. The van der Waals surface area contributed by atoms with Crippen LogP contribution >= 0.6 is 15.9 Å². The van der Waals surface area contributed by atoms with Crippen molar-refractivity contribution < 1.29 is 9.90 Å². The van der Waals surface area contributed by atoms with E-state index in [4.69, 9.17) is 0 Å². The molecule has 0 spiro atoms. The van der Waals surface area contributed by atoms with Gasteiger partial charge < -0.3 is 10.4 Å². The summed E-state index contributed by atoms with van der Waals surface area (Å²) < 4.78 is 0. The molecule has 0 atom stereocenters. The molecule has 0 saturated heterocycles. The smallest absolute Gasteiger partial charge is 0.255 e. The van der Waals surface area contributed by atoms with Gasteiger partial charge in [0.1, 0.15) is 5.75 Å². The summed E-state index contributed by atoms with van der Waals surface area (Å²) in [5, 5.41) is 13.3. The number of rotatable bonds is 5. The molecule has 2 N–H and O–H groups in total. The lowest BCUT2D eigenvalue weighted by Crippen LogP contribution is -2.24. The summed E-state index contributed by atoms with van der Waals surface area (Å²) in [5.74, 6) is -0.181. The number of halogens is 1. The lowest BCUT2D eigenvalue weighted by Gasteiger charge is -2.07. The number of unbranched alkanes of at least 4 members (excludes halogenated alkanes) is 1. The van der Waals surface area contributed by atoms with Gasteiger partial charge in [-0.3, -0.25) is 4.79 Å². The molecule has 1 rings (SSSR count). The minimum Gasteiger partial charge on any atom is -0.507 e. The SMILES string of the molecule is Cc1ccc(O)c(C(=O)NCCCCBr)c1. The summed E-state index contributed by atoms with van der Waals surface area (Å²) in [4.78, 5) is 11.7. The van der Waals surface area contributed by atoms with Crippen molar-refractivity contribution in [3.05, 3.63) is 29.3 Å². The van der Waals surface area contributed by atoms with Crippen LogP contribution in [0.1, 0.15) is 28.8 Å². The summed E-state index contributed by atoms with van der Waals surface area (Å²) in [6.45, 7) is 2.53. The van der Waals surface area contributed by atoms with Gasteiger partial charge in [0.05, 0.1) is 5.56 Å². The van der Waals surface area contributed by atoms with Crippen molar-refractivity contribution >= 4 is 21.8 Å². The van der Waals surface area contributed by atoms with Crippen LogP contribution in [0.2, 0.25) is 0 Å². The molecule has 0 aromatic heterocycles. The van der Waals surface area contributed by atoms with Gasteiger partial charge in [0.2, 0.25) is 0 Å². The van der Waals surface area contributed by atoms with Gasteiger partial charge in [0.15, 0.2) is 0 Å². The number of phenolic OH excluding ortho intramolecular Hbond substituents is 1. The Bertz CT molecular complexity index is 366. The van der Waals surface area contributed by atoms with Crippen molar-refractivity contribution in [1.29, 1.82) is 0 Å². The van der Waals surface area contributed by atoms with Crippen LogP contribution in [0.5, 0.6) is 5.75 Å². The number of aromatic hydroxyl groups is 1. The largest absolute Gasteiger partial charge is 0.507 e. The molecule has 88 valence electrons. The van der Waals surface area contributed by atoms with E-state index in [-0.39, 0.29) is 11.7 Å². The first-order valence-electron chi connectivity index (χ1n) is 5.29. The predicted octanol–water partition coefficient (Wildman–Crippen LogP) is 2.61. The Kier molecular flexibility index (Phi) is 5.32. The first-order chi connectivity index (χ1) is 7.65. The summed E-state index contributed by atoms with van der Waals surface area (Å²) in [7, 11) is 0. The van der Waals surface area contributed by atoms with E-state index in [1.165, 1.54) is 0 Å². The van der Waals surface area contributed by atoms with Gasteiger partial charge in [-0.1, -0.05) is 27.6 Å². The van der Waals surface area contributed by atoms with Crippen LogP contribution < -0.4 is 5.32 Å². The fourth-order valence-electron chi connectivity index (χ4n) is 1.35. The van der Waals surface area contributed by atoms with Gasteiger partial charge in [0.25, 0.3) is 5.91 Å². The van der Waals surface area contributed by atoms with Gasteiger partial charge in [-0.2, -0.15) is 0 Å². The Morgan fingerprint density at radius 1 is 1.44 bits per heavy atom. The molecular formula is C12H16BrNO2. The highest BCUT2D eigenvalue weighted by molar-refractivity contribution is 9.09. The van der Waals surface area contributed by atoms with Crippen molar-refractivity contribution in [2.45, 2.75) is 19.8 Å². The molecular weight excluding hydrogens is 270 g/mol. The first kappa shape index (κ1) is 13.0. The van der Waals surface area contributed by atoms with Crippen LogP contribution in [0.4, 0.5) is 0 Å². The number of amides is 1. The average Bonchev–Trinajstić information content (AvgIpc) is 2.27. The van der Waals surface area contributed by atoms with E-state index in [1.54, 1.807) is 18.2 Å². The second-order valence-electron chi connectivity index (χ2n) is 3.67. The second kappa shape index (κ2) is 6.53. The highest BCUT2D eigenvalue weighted by Crippen LogP contribution is 2.17. The third-order valence-electron chi connectivity index (χ3n) is 2.24. The summed E-state index contributed by atoms with van der Waals surface area (Å²) in [6, 6.07) is 5.01. The van der Waals surface area contributed by atoms with Crippen molar-refractivity contribution in [2.24, 2.45) is 0 Å². The first-order valence-corrected chi connectivity index (χ1v) is 6.41. The van der Waals surface area contributed by atoms with E-state index < -0.39 is 0 Å². The lowest BCUT2D eigenvalue weighted by atomic mass is 10.1. The number of hydrogen-bond acceptors (Lipinski definition) is 2. The molecule has 0 aliphatic heterocycles. The van der Waals surface area contributed by atoms with Gasteiger partial charge >= 0.3 is 0 Å². The van der Waals surface area contributed by atoms with Crippen LogP contribution in [0.3, 0.4) is 0 Å². The molecule has 0 aliphatic carbocycles. The Hall–Kier alpha value is -1.03. The highest BCUT2D eigenvalue weighted by Gasteiger charge is 2.09. The molecule has 1 amide bonds. The number of carbonyl (C=O) groups excluding carboxylic acids is 1. The zero-order chi connectivity index (χ0) is 12.0. The zero-order valence-corrected chi connectivity index (χ0v) is 10.9. The molecule has 0 saturated carbocycles. The van der Waals surface area contributed by atoms with Crippen molar-refractivity contribution in [1.82, 2.24) is 5.32 Å². The zero-order valence-electron chi connectivity index (χ0n) is 9.29. The van der Waals surface area contributed by atoms with E-state index in [1.807, 2.05) is 6.92 Å². The quantitative estimate of drug-likeness (QED) is 0.645. The standard InChI is InChI=1S/C12H16BrNO2/c1-9-4-5-11(15)10(8-9)12(16)14-7-3-2-6-13/h4-5,8,15H,2-3,6-7H2,1H3,(H,14,16). The molecule has 0 fully saturated rings. The van der Waals surface area contributed by atoms with Gasteiger partial charge in [-0.15, -0.1) is 0 Å². The molecule has 4 heteroatoms. The van der Waals surface area contributed by atoms with Crippen LogP contribution in [-0.2, 0) is 0 Å². The maximum atomic E-state index is 11.7. The average molecular weight is 286 g/mol. The van der Waals surface area contributed by atoms with E-state index in [0.29, 0.717) is 12.1 Å². The Labute approximate surface area is 104 Å². The Morgan fingerprint density at radius 3 is 2.88 bits per heavy atom. The summed E-state index contributed by atoms with van der Waals surface area (Å²) in [6.07, 6.45) is 1.96. The third kappa shape index (κ3) is 3.85. The lowest BCUT2D eigenvalue weighted by molar-refractivity contribution is 0.0950. The second-order valence-corrected chi connectivity index (χ2v) is 4.47. The number of hydrogen-bond donors (Lipinski definition) is 2. The Morgan fingerprint density at radius 2 is 2.19 bits per heavy atom. The normalized spacial score (nSPS) is 10.1. The predicted molar refractivity (Wildman–Crippen MR) is 68.2 cm³/mol. The number of carbonyl (C=O) groups is 1. The van der Waals surface area contributed by atoms with Crippen LogP contribution in [-0.4, -0.2) is 22.9 Å².